The van der Waals surface area contributed by atoms with Gasteiger partial charge in [0.15, 0.2) is 0 Å². The molecule has 1 aliphatic heterocycles. The minimum atomic E-state index is -1.00. The molecule has 0 bridgehead atoms. The lowest BCUT2D eigenvalue weighted by molar-refractivity contribution is -0.133. The first kappa shape index (κ1) is 20.6. The van der Waals surface area contributed by atoms with Gasteiger partial charge in [0.25, 0.3) is 0 Å². The van der Waals surface area contributed by atoms with Crippen LogP contribution in [-0.2, 0) is 22.4 Å². The van der Waals surface area contributed by atoms with E-state index in [1.54, 1.807) is 12.1 Å². The second-order valence-corrected chi connectivity index (χ2v) is 7.47. The Bertz CT molecular complexity index is 841. The van der Waals surface area contributed by atoms with E-state index in [1.165, 1.54) is 17.7 Å². The fraction of sp³-hybridized carbons (Fsp3) is 0.348. The summed E-state index contributed by atoms with van der Waals surface area (Å²) in [7, 11) is 0. The highest BCUT2D eigenvalue weighted by molar-refractivity contribution is 5.88. The zero-order chi connectivity index (χ0) is 20.6. The first-order valence-electron chi connectivity index (χ1n) is 9.92. The Morgan fingerprint density at radius 3 is 2.21 bits per heavy atom. The number of nitrogens with zero attached hydrogens (tertiary/aromatic N) is 1. The molecular formula is C23H26N2O4. The van der Waals surface area contributed by atoms with Gasteiger partial charge in [-0.2, -0.15) is 0 Å². The van der Waals surface area contributed by atoms with Crippen LogP contribution in [0.3, 0.4) is 0 Å². The Balaban J connectivity index is 1.38. The monoisotopic (exact) mass is 394 g/mol. The van der Waals surface area contributed by atoms with Gasteiger partial charge in [0.1, 0.15) is 0 Å². The molecule has 2 N–H and O–H groups in total. The van der Waals surface area contributed by atoms with Gasteiger partial charge in [-0.3, -0.25) is 9.59 Å². The third kappa shape index (κ3) is 6.17. The van der Waals surface area contributed by atoms with Crippen molar-refractivity contribution in [3.05, 3.63) is 71.3 Å². The van der Waals surface area contributed by atoms with Crippen molar-refractivity contribution in [1.82, 2.24) is 10.2 Å². The van der Waals surface area contributed by atoms with E-state index in [1.807, 2.05) is 11.0 Å². The van der Waals surface area contributed by atoms with Gasteiger partial charge < -0.3 is 15.3 Å². The number of nitrogens with one attached hydrogen (secondary N) is 1. The van der Waals surface area contributed by atoms with Crippen molar-refractivity contribution >= 4 is 17.8 Å². The molecule has 152 valence electrons. The Morgan fingerprint density at radius 1 is 0.931 bits per heavy atom. The Hall–Kier alpha value is -3.15. The molecule has 0 aliphatic carbocycles. The lowest BCUT2D eigenvalue weighted by atomic mass is 9.90. The zero-order valence-electron chi connectivity index (χ0n) is 16.3. The maximum Gasteiger partial charge on any atom is 0.335 e. The van der Waals surface area contributed by atoms with Crippen molar-refractivity contribution in [3.8, 4) is 0 Å². The number of piperidine rings is 1. The van der Waals surface area contributed by atoms with Gasteiger partial charge >= 0.3 is 5.97 Å². The van der Waals surface area contributed by atoms with Crippen LogP contribution >= 0.6 is 0 Å². The predicted molar refractivity (Wildman–Crippen MR) is 110 cm³/mol. The van der Waals surface area contributed by atoms with Crippen LogP contribution in [0.2, 0.25) is 0 Å². The molecule has 2 aromatic carbocycles. The summed E-state index contributed by atoms with van der Waals surface area (Å²) in [6.07, 6.45) is 3.11. The maximum absolute atomic E-state index is 12.4. The minimum Gasteiger partial charge on any atom is -0.478 e. The highest BCUT2D eigenvalue weighted by Crippen LogP contribution is 2.21. The molecule has 0 spiro atoms. The van der Waals surface area contributed by atoms with Crippen LogP contribution in [0.4, 0.5) is 0 Å². The summed E-state index contributed by atoms with van der Waals surface area (Å²) >= 11 is 0. The Kier molecular flexibility index (Phi) is 7.00. The molecule has 6 nitrogen and oxygen atoms in total. The summed E-state index contributed by atoms with van der Waals surface area (Å²) in [5.74, 6) is -0.720. The number of aromatic carboxylic acids is 1. The van der Waals surface area contributed by atoms with E-state index < -0.39 is 5.97 Å². The predicted octanol–water partition coefficient (Wildman–Crippen LogP) is 2.52. The third-order valence-corrected chi connectivity index (χ3v) is 5.34. The van der Waals surface area contributed by atoms with E-state index in [0.29, 0.717) is 11.5 Å². The summed E-state index contributed by atoms with van der Waals surface area (Å²) < 4.78 is 0. The summed E-state index contributed by atoms with van der Waals surface area (Å²) in [5, 5.41) is 11.6. The Labute approximate surface area is 170 Å². The standard InChI is InChI=1S/C23H26N2O4/c26-21(15-18-6-8-20(9-7-18)23(28)29)24-16-22(27)25-12-10-19(11-13-25)14-17-4-2-1-3-5-17/h1-9,19H,10-16H2,(H,24,26)(H,28,29). The van der Waals surface area contributed by atoms with E-state index in [9.17, 15) is 14.4 Å². The lowest BCUT2D eigenvalue weighted by Gasteiger charge is -2.32. The van der Waals surface area contributed by atoms with Crippen LogP contribution in [0.5, 0.6) is 0 Å². The smallest absolute Gasteiger partial charge is 0.335 e. The molecule has 0 saturated carbocycles. The molecule has 6 heteroatoms. The number of likely N-dealkylation sites (tertiary alicyclic amines) is 1. The van der Waals surface area contributed by atoms with Gasteiger partial charge in [-0.15, -0.1) is 0 Å². The second kappa shape index (κ2) is 9.87. The van der Waals surface area contributed by atoms with Crippen LogP contribution in [0.1, 0.15) is 34.3 Å². The molecule has 0 radical (unpaired) electrons. The first-order chi connectivity index (χ1) is 14.0. The van der Waals surface area contributed by atoms with Crippen molar-refractivity contribution in [3.63, 3.8) is 0 Å². The quantitative estimate of drug-likeness (QED) is 0.756. The number of amides is 2. The van der Waals surface area contributed by atoms with Crippen LogP contribution in [0, 0.1) is 5.92 Å². The van der Waals surface area contributed by atoms with Gasteiger partial charge in [0, 0.05) is 13.1 Å². The molecule has 1 fully saturated rings. The number of hydrogen-bond acceptors (Lipinski definition) is 3. The number of carbonyl (C=O) groups excluding carboxylic acids is 2. The normalized spacial score (nSPS) is 14.4. The minimum absolute atomic E-state index is 0.00457. The molecule has 1 saturated heterocycles. The van der Waals surface area contributed by atoms with Crippen molar-refractivity contribution in [2.45, 2.75) is 25.7 Å². The van der Waals surface area contributed by atoms with Crippen LogP contribution in [-0.4, -0.2) is 47.4 Å². The van der Waals surface area contributed by atoms with Crippen LogP contribution in [0.25, 0.3) is 0 Å². The number of rotatable bonds is 7. The number of hydrogen-bond donors (Lipinski definition) is 2. The molecule has 1 heterocycles. The van der Waals surface area contributed by atoms with Crippen LogP contribution in [0.15, 0.2) is 54.6 Å². The van der Waals surface area contributed by atoms with Gasteiger partial charge in [0.2, 0.25) is 11.8 Å². The summed E-state index contributed by atoms with van der Waals surface area (Å²) in [5.41, 5.74) is 2.22. The summed E-state index contributed by atoms with van der Waals surface area (Å²) in [6, 6.07) is 16.6. The van der Waals surface area contributed by atoms with Gasteiger partial charge in [-0.05, 0) is 48.4 Å². The maximum atomic E-state index is 12.4. The lowest BCUT2D eigenvalue weighted by Crippen LogP contribution is -2.44. The van der Waals surface area contributed by atoms with Crippen molar-refractivity contribution in [2.75, 3.05) is 19.6 Å². The molecule has 0 aromatic heterocycles. The molecule has 29 heavy (non-hydrogen) atoms. The highest BCUT2D eigenvalue weighted by atomic mass is 16.4. The number of carboxylic acids is 1. The fourth-order valence-electron chi connectivity index (χ4n) is 3.63. The molecule has 3 rings (SSSR count). The summed E-state index contributed by atoms with van der Waals surface area (Å²) in [4.78, 5) is 37.1. The fourth-order valence-corrected chi connectivity index (χ4v) is 3.63. The SMILES string of the molecule is O=C(Cc1ccc(C(=O)O)cc1)NCC(=O)N1CCC(Cc2ccccc2)CC1. The third-order valence-electron chi connectivity index (χ3n) is 5.34. The van der Waals surface area contributed by atoms with Crippen molar-refractivity contribution in [1.29, 1.82) is 0 Å². The van der Waals surface area contributed by atoms with E-state index in [2.05, 4.69) is 29.6 Å². The van der Waals surface area contributed by atoms with Crippen molar-refractivity contribution < 1.29 is 19.5 Å². The molecular weight excluding hydrogens is 368 g/mol. The molecule has 1 aliphatic rings. The molecule has 0 atom stereocenters. The van der Waals surface area contributed by atoms with Gasteiger partial charge in [-0.25, -0.2) is 4.79 Å². The van der Waals surface area contributed by atoms with E-state index in [-0.39, 0.29) is 30.3 Å². The molecule has 2 amide bonds. The topological polar surface area (TPSA) is 86.7 Å². The number of carboxylic acid groups (broad SMARTS) is 1. The second-order valence-electron chi connectivity index (χ2n) is 7.47. The summed E-state index contributed by atoms with van der Waals surface area (Å²) in [6.45, 7) is 1.45. The van der Waals surface area contributed by atoms with E-state index in [0.717, 1.165) is 32.4 Å². The number of carbonyl (C=O) groups is 3. The number of benzene rings is 2. The van der Waals surface area contributed by atoms with E-state index >= 15 is 0 Å². The zero-order valence-corrected chi connectivity index (χ0v) is 16.3. The van der Waals surface area contributed by atoms with Crippen molar-refractivity contribution in [2.24, 2.45) is 5.92 Å². The van der Waals surface area contributed by atoms with E-state index in [4.69, 9.17) is 5.11 Å². The Morgan fingerprint density at radius 2 is 1.59 bits per heavy atom. The largest absolute Gasteiger partial charge is 0.478 e. The molecule has 2 aromatic rings. The van der Waals surface area contributed by atoms with Gasteiger partial charge in [0.05, 0.1) is 18.5 Å². The first-order valence-corrected chi connectivity index (χ1v) is 9.92. The molecule has 0 unspecified atom stereocenters. The highest BCUT2D eigenvalue weighted by Gasteiger charge is 2.23. The average molecular weight is 394 g/mol. The average Bonchev–Trinajstić information content (AvgIpc) is 2.74. The van der Waals surface area contributed by atoms with Crippen LogP contribution < -0.4 is 5.32 Å². The van der Waals surface area contributed by atoms with Gasteiger partial charge in [-0.1, -0.05) is 42.5 Å².